The third-order valence-corrected chi connectivity index (χ3v) is 4.91. The van der Waals surface area contributed by atoms with Crippen molar-refractivity contribution in [3.63, 3.8) is 0 Å². The first-order valence-electron chi connectivity index (χ1n) is 8.18. The normalized spacial score (nSPS) is 10.4. The van der Waals surface area contributed by atoms with Gasteiger partial charge in [-0.1, -0.05) is 0 Å². The molecule has 3 aromatic rings. The minimum Gasteiger partial charge on any atom is -0.497 e. The van der Waals surface area contributed by atoms with Crippen molar-refractivity contribution in [2.24, 2.45) is 0 Å². The van der Waals surface area contributed by atoms with Crippen molar-refractivity contribution >= 4 is 28.1 Å². The molecule has 0 fully saturated rings. The summed E-state index contributed by atoms with van der Waals surface area (Å²) in [5.74, 6) is 0.887. The maximum Gasteiger partial charge on any atom is 0.269 e. The predicted molar refractivity (Wildman–Crippen MR) is 106 cm³/mol. The molecule has 28 heavy (non-hydrogen) atoms. The quantitative estimate of drug-likeness (QED) is 0.490. The van der Waals surface area contributed by atoms with Crippen molar-refractivity contribution in [1.82, 2.24) is 4.98 Å². The fraction of sp³-hybridized carbons (Fsp3) is 0.158. The molecule has 1 heterocycles. The van der Waals surface area contributed by atoms with Gasteiger partial charge in [-0.05, 0) is 31.2 Å². The van der Waals surface area contributed by atoms with Gasteiger partial charge in [0, 0.05) is 34.2 Å². The van der Waals surface area contributed by atoms with Crippen molar-refractivity contribution in [2.75, 3.05) is 19.5 Å². The lowest BCUT2D eigenvalue weighted by Crippen LogP contribution is -2.11. The summed E-state index contributed by atoms with van der Waals surface area (Å²) in [5.41, 5.74) is 1.72. The molecule has 0 aliphatic carbocycles. The lowest BCUT2D eigenvalue weighted by Gasteiger charge is -2.09. The number of carbonyl (C=O) groups is 1. The number of aromatic nitrogens is 1. The van der Waals surface area contributed by atoms with E-state index >= 15 is 0 Å². The summed E-state index contributed by atoms with van der Waals surface area (Å²) in [4.78, 5) is 28.0. The number of thiazole rings is 1. The first-order valence-corrected chi connectivity index (χ1v) is 9.00. The predicted octanol–water partition coefficient (Wildman–Crippen LogP) is 4.30. The molecule has 0 saturated carbocycles. The zero-order valence-corrected chi connectivity index (χ0v) is 16.2. The molecule has 1 N–H and O–H groups in total. The molecular weight excluding hydrogens is 382 g/mol. The number of nitrogens with zero attached hydrogens (tertiary/aromatic N) is 2. The van der Waals surface area contributed by atoms with Crippen LogP contribution in [-0.2, 0) is 0 Å². The van der Waals surface area contributed by atoms with Crippen molar-refractivity contribution in [2.45, 2.75) is 6.92 Å². The number of ether oxygens (including phenoxy) is 2. The fourth-order valence-electron chi connectivity index (χ4n) is 2.60. The van der Waals surface area contributed by atoms with Gasteiger partial charge >= 0.3 is 0 Å². The van der Waals surface area contributed by atoms with E-state index in [-0.39, 0.29) is 5.69 Å². The summed E-state index contributed by atoms with van der Waals surface area (Å²) in [5, 5.41) is 13.9. The Balaban J connectivity index is 1.84. The molecule has 9 heteroatoms. The van der Waals surface area contributed by atoms with E-state index in [1.807, 2.05) is 19.1 Å². The van der Waals surface area contributed by atoms with Gasteiger partial charge in [0.05, 0.1) is 24.8 Å². The van der Waals surface area contributed by atoms with Crippen LogP contribution in [0.2, 0.25) is 0 Å². The number of aryl methyl sites for hydroxylation is 1. The Labute approximate surface area is 164 Å². The van der Waals surface area contributed by atoms with E-state index in [0.717, 1.165) is 10.4 Å². The Morgan fingerprint density at radius 2 is 1.86 bits per heavy atom. The number of hydrogen-bond acceptors (Lipinski definition) is 7. The monoisotopic (exact) mass is 399 g/mol. The molecule has 1 amide bonds. The van der Waals surface area contributed by atoms with Crippen molar-refractivity contribution in [3.8, 4) is 22.8 Å². The average Bonchev–Trinajstić information content (AvgIpc) is 3.07. The summed E-state index contributed by atoms with van der Waals surface area (Å²) in [6.45, 7) is 1.90. The second-order valence-corrected chi connectivity index (χ2v) is 6.95. The standard InChI is InChI=1S/C19H17N3O5S/c1-11-17(15-9-8-14(26-2)10-16(15)27-3)20-19(28-11)21-18(23)12-4-6-13(7-5-12)22(24)25/h4-10H,1-3H3,(H,20,21,23). The van der Waals surface area contributed by atoms with Gasteiger partial charge in [0.25, 0.3) is 11.6 Å². The van der Waals surface area contributed by atoms with Crippen LogP contribution in [0.25, 0.3) is 11.3 Å². The van der Waals surface area contributed by atoms with E-state index in [2.05, 4.69) is 10.3 Å². The molecule has 1 aromatic heterocycles. The number of nitro groups is 1. The zero-order valence-electron chi connectivity index (χ0n) is 15.4. The Hall–Kier alpha value is -3.46. The molecule has 0 bridgehead atoms. The molecular formula is C19H17N3O5S. The highest BCUT2D eigenvalue weighted by Crippen LogP contribution is 2.37. The van der Waals surface area contributed by atoms with Crippen LogP contribution in [-0.4, -0.2) is 30.0 Å². The second-order valence-electron chi connectivity index (χ2n) is 5.75. The number of amides is 1. The van der Waals surface area contributed by atoms with Crippen LogP contribution in [0.1, 0.15) is 15.2 Å². The average molecular weight is 399 g/mol. The summed E-state index contributed by atoms with van der Waals surface area (Å²) in [6.07, 6.45) is 0. The largest absolute Gasteiger partial charge is 0.497 e. The van der Waals surface area contributed by atoms with Crippen LogP contribution >= 0.6 is 11.3 Å². The zero-order chi connectivity index (χ0) is 20.3. The Morgan fingerprint density at radius 1 is 1.14 bits per heavy atom. The maximum atomic E-state index is 12.4. The van der Waals surface area contributed by atoms with E-state index in [9.17, 15) is 14.9 Å². The lowest BCUT2D eigenvalue weighted by atomic mass is 10.1. The number of hydrogen-bond donors (Lipinski definition) is 1. The third-order valence-electron chi connectivity index (χ3n) is 4.02. The molecule has 0 radical (unpaired) electrons. The number of anilines is 1. The molecule has 8 nitrogen and oxygen atoms in total. The Kier molecular flexibility index (Phi) is 5.55. The van der Waals surface area contributed by atoms with Gasteiger partial charge in [0.15, 0.2) is 5.13 Å². The lowest BCUT2D eigenvalue weighted by molar-refractivity contribution is -0.384. The molecule has 0 atom stereocenters. The maximum absolute atomic E-state index is 12.4. The summed E-state index contributed by atoms with van der Waals surface area (Å²) < 4.78 is 10.6. The van der Waals surface area contributed by atoms with E-state index < -0.39 is 10.8 Å². The SMILES string of the molecule is COc1ccc(-c2nc(NC(=O)c3ccc([N+](=O)[O-])cc3)sc2C)c(OC)c1. The molecule has 0 aliphatic heterocycles. The Morgan fingerprint density at radius 3 is 2.46 bits per heavy atom. The number of nitro benzene ring substituents is 1. The van der Waals surface area contributed by atoms with Crippen LogP contribution in [0.4, 0.5) is 10.8 Å². The minimum atomic E-state index is -0.514. The topological polar surface area (TPSA) is 104 Å². The first-order chi connectivity index (χ1) is 13.4. The number of benzene rings is 2. The molecule has 0 unspecified atom stereocenters. The third kappa shape index (κ3) is 3.94. The number of nitrogens with one attached hydrogen (secondary N) is 1. The van der Waals surface area contributed by atoms with Gasteiger partial charge in [-0.15, -0.1) is 11.3 Å². The van der Waals surface area contributed by atoms with Gasteiger partial charge in [-0.3, -0.25) is 20.2 Å². The number of methoxy groups -OCH3 is 2. The van der Waals surface area contributed by atoms with E-state index in [0.29, 0.717) is 27.9 Å². The number of non-ortho nitro benzene ring substituents is 1. The van der Waals surface area contributed by atoms with Gasteiger partial charge in [0.1, 0.15) is 11.5 Å². The van der Waals surface area contributed by atoms with Crippen LogP contribution in [0.15, 0.2) is 42.5 Å². The van der Waals surface area contributed by atoms with Crippen LogP contribution in [0.3, 0.4) is 0 Å². The van der Waals surface area contributed by atoms with E-state index in [4.69, 9.17) is 9.47 Å². The van der Waals surface area contributed by atoms with Crippen LogP contribution in [0, 0.1) is 17.0 Å². The van der Waals surface area contributed by atoms with Crippen molar-refractivity contribution in [1.29, 1.82) is 0 Å². The highest BCUT2D eigenvalue weighted by molar-refractivity contribution is 7.16. The first kappa shape index (κ1) is 19.3. The van der Waals surface area contributed by atoms with Crippen LogP contribution < -0.4 is 14.8 Å². The fourth-order valence-corrected chi connectivity index (χ4v) is 3.42. The van der Waals surface area contributed by atoms with E-state index in [1.165, 1.54) is 35.6 Å². The molecule has 0 saturated heterocycles. The molecule has 0 spiro atoms. The highest BCUT2D eigenvalue weighted by Gasteiger charge is 2.17. The molecule has 3 rings (SSSR count). The van der Waals surface area contributed by atoms with Crippen LogP contribution in [0.5, 0.6) is 11.5 Å². The molecule has 2 aromatic carbocycles. The molecule has 144 valence electrons. The number of rotatable bonds is 6. The minimum absolute atomic E-state index is 0.0736. The smallest absolute Gasteiger partial charge is 0.269 e. The second kappa shape index (κ2) is 8.05. The molecule has 0 aliphatic rings. The van der Waals surface area contributed by atoms with E-state index in [1.54, 1.807) is 20.3 Å². The van der Waals surface area contributed by atoms with Gasteiger partial charge < -0.3 is 9.47 Å². The Bertz CT molecular complexity index is 1030. The van der Waals surface area contributed by atoms with Gasteiger partial charge in [0.2, 0.25) is 0 Å². The van der Waals surface area contributed by atoms with Crippen molar-refractivity contribution < 1.29 is 19.2 Å². The number of carbonyl (C=O) groups excluding carboxylic acids is 1. The summed E-state index contributed by atoms with van der Waals surface area (Å²) in [7, 11) is 3.14. The van der Waals surface area contributed by atoms with Crippen molar-refractivity contribution in [3.05, 3.63) is 63.0 Å². The van der Waals surface area contributed by atoms with Gasteiger partial charge in [-0.25, -0.2) is 4.98 Å². The summed E-state index contributed by atoms with van der Waals surface area (Å²) in [6, 6.07) is 10.8. The van der Waals surface area contributed by atoms with Gasteiger partial charge in [-0.2, -0.15) is 0 Å². The summed E-state index contributed by atoms with van der Waals surface area (Å²) >= 11 is 1.33. The highest BCUT2D eigenvalue weighted by atomic mass is 32.1.